The molecular weight excluding hydrogens is 469 g/mol. The quantitative estimate of drug-likeness (QED) is 0.294. The summed E-state index contributed by atoms with van der Waals surface area (Å²) in [5.41, 5.74) is 3.16. The number of halogens is 1. The van der Waals surface area contributed by atoms with Gasteiger partial charge in [-0.3, -0.25) is 4.79 Å². The zero-order chi connectivity index (χ0) is 23.9. The van der Waals surface area contributed by atoms with E-state index in [1.165, 1.54) is 24.5 Å². The Kier molecular flexibility index (Phi) is 5.53. The lowest BCUT2D eigenvalue weighted by Gasteiger charge is -2.17. The summed E-state index contributed by atoms with van der Waals surface area (Å²) in [4.78, 5) is 16.2. The zero-order valence-electron chi connectivity index (χ0n) is 19.0. The number of hydrogen-bond acceptors (Lipinski definition) is 7. The third-order valence-electron chi connectivity index (χ3n) is 6.49. The van der Waals surface area contributed by atoms with E-state index in [0.717, 1.165) is 21.3 Å². The van der Waals surface area contributed by atoms with Gasteiger partial charge in [-0.25, -0.2) is 9.37 Å². The van der Waals surface area contributed by atoms with E-state index in [1.54, 1.807) is 6.07 Å². The highest BCUT2D eigenvalue weighted by Crippen LogP contribution is 2.45. The fourth-order valence-corrected chi connectivity index (χ4v) is 5.62. The first kappa shape index (κ1) is 21.9. The zero-order valence-corrected chi connectivity index (χ0v) is 19.8. The predicted molar refractivity (Wildman–Crippen MR) is 129 cm³/mol. The highest BCUT2D eigenvalue weighted by atomic mass is 32.1. The van der Waals surface area contributed by atoms with E-state index in [2.05, 4.69) is 4.98 Å². The van der Waals surface area contributed by atoms with Crippen LogP contribution in [0.15, 0.2) is 54.6 Å². The largest absolute Gasteiger partial charge is 0.492 e. The summed E-state index contributed by atoms with van der Waals surface area (Å²) in [6, 6.07) is 16.5. The van der Waals surface area contributed by atoms with Crippen molar-refractivity contribution in [3.05, 3.63) is 77.1 Å². The number of fused-ring (bicyclic) bond motifs is 3. The Labute approximate surface area is 205 Å². The number of benzene rings is 3. The van der Waals surface area contributed by atoms with Crippen LogP contribution in [0.4, 0.5) is 4.39 Å². The summed E-state index contributed by atoms with van der Waals surface area (Å²) in [7, 11) is 1.38. The van der Waals surface area contributed by atoms with Crippen molar-refractivity contribution < 1.29 is 28.1 Å². The number of aromatic nitrogens is 1. The number of ether oxygens (including phenoxy) is 4. The number of para-hydroxylation sites is 1. The van der Waals surface area contributed by atoms with E-state index in [0.29, 0.717) is 47.5 Å². The summed E-state index contributed by atoms with van der Waals surface area (Å²) in [5.74, 6) is 1.26. The molecule has 0 bridgehead atoms. The van der Waals surface area contributed by atoms with Crippen LogP contribution < -0.4 is 14.2 Å². The molecule has 1 aromatic heterocycles. The average molecular weight is 492 g/mol. The normalized spacial score (nSPS) is 18.1. The van der Waals surface area contributed by atoms with Gasteiger partial charge in [-0.1, -0.05) is 29.5 Å². The molecule has 2 heterocycles. The average Bonchev–Trinajstić information content (AvgIpc) is 3.58. The molecule has 6 nitrogen and oxygen atoms in total. The van der Waals surface area contributed by atoms with Crippen LogP contribution in [0.25, 0.3) is 10.2 Å². The molecule has 0 saturated heterocycles. The molecule has 6 rings (SSSR count). The first-order valence-electron chi connectivity index (χ1n) is 11.4. The molecule has 0 fully saturated rings. The first-order valence-corrected chi connectivity index (χ1v) is 12.3. The topological polar surface area (TPSA) is 66.9 Å². The van der Waals surface area contributed by atoms with Crippen LogP contribution >= 0.6 is 11.3 Å². The maximum Gasteiger partial charge on any atom is 0.306 e. The van der Waals surface area contributed by atoms with Gasteiger partial charge in [0.05, 0.1) is 30.4 Å². The molecular formula is C27H22FNO5S. The third-order valence-corrected chi connectivity index (χ3v) is 7.41. The second kappa shape index (κ2) is 8.85. The van der Waals surface area contributed by atoms with Gasteiger partial charge in [-0.2, -0.15) is 0 Å². The second-order valence-electron chi connectivity index (χ2n) is 8.62. The fraction of sp³-hybridized carbons (Fsp3) is 0.259. The van der Waals surface area contributed by atoms with Crippen molar-refractivity contribution in [3.8, 4) is 22.4 Å². The minimum Gasteiger partial charge on any atom is -0.492 e. The van der Waals surface area contributed by atoms with Gasteiger partial charge in [0.25, 0.3) is 5.19 Å². The number of rotatable bonds is 6. The number of nitrogens with zero attached hydrogens (tertiary/aromatic N) is 1. The van der Waals surface area contributed by atoms with Gasteiger partial charge >= 0.3 is 5.97 Å². The molecule has 0 saturated carbocycles. The summed E-state index contributed by atoms with van der Waals surface area (Å²) in [5, 5.41) is 0.529. The molecule has 0 amide bonds. The van der Waals surface area contributed by atoms with Crippen LogP contribution in [-0.4, -0.2) is 24.7 Å². The SMILES string of the molecule is COC(=O)CC1COc2cc(OC3CCc4c(Oc5nc6ccccc6s5)ccc(F)c43)ccc21. The van der Waals surface area contributed by atoms with Crippen molar-refractivity contribution in [2.24, 2.45) is 0 Å². The fourth-order valence-electron chi connectivity index (χ4n) is 4.79. The third kappa shape index (κ3) is 4.08. The molecule has 0 spiro atoms. The lowest BCUT2D eigenvalue weighted by atomic mass is 9.98. The van der Waals surface area contributed by atoms with Crippen LogP contribution in [0.1, 0.15) is 41.6 Å². The molecule has 4 aromatic rings. The van der Waals surface area contributed by atoms with Crippen molar-refractivity contribution in [1.82, 2.24) is 4.98 Å². The van der Waals surface area contributed by atoms with Crippen molar-refractivity contribution in [2.45, 2.75) is 31.3 Å². The van der Waals surface area contributed by atoms with Crippen LogP contribution in [0, 0.1) is 5.82 Å². The molecule has 3 aromatic carbocycles. The monoisotopic (exact) mass is 491 g/mol. The van der Waals surface area contributed by atoms with Gasteiger partial charge in [-0.15, -0.1) is 0 Å². The Hall–Kier alpha value is -3.65. The number of thiazole rings is 1. The van der Waals surface area contributed by atoms with Crippen molar-refractivity contribution in [2.75, 3.05) is 13.7 Å². The van der Waals surface area contributed by atoms with Gasteiger partial charge in [0.1, 0.15) is 29.2 Å². The first-order chi connectivity index (χ1) is 17.1. The number of carbonyl (C=O) groups excluding carboxylic acids is 1. The maximum absolute atomic E-state index is 14.9. The van der Waals surface area contributed by atoms with Crippen molar-refractivity contribution in [1.29, 1.82) is 0 Å². The Morgan fingerprint density at radius 3 is 2.94 bits per heavy atom. The second-order valence-corrected chi connectivity index (χ2v) is 9.61. The van der Waals surface area contributed by atoms with E-state index in [1.807, 2.05) is 42.5 Å². The van der Waals surface area contributed by atoms with Gasteiger partial charge in [0.15, 0.2) is 0 Å². The smallest absolute Gasteiger partial charge is 0.306 e. The van der Waals surface area contributed by atoms with E-state index in [-0.39, 0.29) is 24.1 Å². The lowest BCUT2D eigenvalue weighted by molar-refractivity contribution is -0.141. The van der Waals surface area contributed by atoms with Crippen molar-refractivity contribution >= 4 is 27.5 Å². The summed E-state index contributed by atoms with van der Waals surface area (Å²) < 4.78 is 38.9. The maximum atomic E-state index is 14.9. The Morgan fingerprint density at radius 2 is 2.09 bits per heavy atom. The summed E-state index contributed by atoms with van der Waals surface area (Å²) in [6.07, 6.45) is 1.10. The molecule has 1 aliphatic heterocycles. The predicted octanol–water partition coefficient (Wildman–Crippen LogP) is 6.33. The van der Waals surface area contributed by atoms with Crippen LogP contribution in [-0.2, 0) is 16.0 Å². The molecule has 2 aliphatic rings. The Morgan fingerprint density at radius 1 is 1.20 bits per heavy atom. The Bertz CT molecular complexity index is 1400. The molecule has 178 valence electrons. The highest BCUT2D eigenvalue weighted by Gasteiger charge is 2.32. The van der Waals surface area contributed by atoms with E-state index in [4.69, 9.17) is 18.9 Å². The number of methoxy groups -OCH3 is 1. The number of carbonyl (C=O) groups is 1. The minimum absolute atomic E-state index is 0.0432. The van der Waals surface area contributed by atoms with Gasteiger partial charge < -0.3 is 18.9 Å². The standard InChI is InChI=1S/C27H22FNO5S/c1-31-25(30)12-15-14-32-23-13-16(6-7-17(15)23)33-22-10-8-18-21(11-9-19(28)26(18)22)34-27-29-20-4-2-3-5-24(20)35-27/h2-7,9,11,13,15,22H,8,10,12,14H2,1H3. The molecule has 1 aliphatic carbocycles. The molecule has 35 heavy (non-hydrogen) atoms. The van der Waals surface area contributed by atoms with E-state index in [9.17, 15) is 9.18 Å². The van der Waals surface area contributed by atoms with E-state index < -0.39 is 6.10 Å². The van der Waals surface area contributed by atoms with Gasteiger partial charge in [-0.05, 0) is 43.2 Å². The molecule has 0 N–H and O–H groups in total. The van der Waals surface area contributed by atoms with Crippen LogP contribution in [0.3, 0.4) is 0 Å². The lowest BCUT2D eigenvalue weighted by Crippen LogP contribution is -2.09. The van der Waals surface area contributed by atoms with Crippen molar-refractivity contribution in [3.63, 3.8) is 0 Å². The summed E-state index contributed by atoms with van der Waals surface area (Å²) >= 11 is 1.46. The molecule has 0 radical (unpaired) electrons. The van der Waals surface area contributed by atoms with E-state index >= 15 is 0 Å². The molecule has 8 heteroatoms. The van der Waals surface area contributed by atoms with Gasteiger partial charge in [0, 0.05) is 28.7 Å². The number of hydrogen-bond donors (Lipinski definition) is 0. The minimum atomic E-state index is -0.436. The van der Waals surface area contributed by atoms with Gasteiger partial charge in [0.2, 0.25) is 0 Å². The van der Waals surface area contributed by atoms with Crippen LogP contribution in [0.2, 0.25) is 0 Å². The van der Waals surface area contributed by atoms with Crippen LogP contribution in [0.5, 0.6) is 22.4 Å². The Balaban J connectivity index is 1.23. The summed E-state index contributed by atoms with van der Waals surface area (Å²) in [6.45, 7) is 0.418. The molecule has 2 unspecified atom stereocenters. The number of esters is 1. The highest BCUT2D eigenvalue weighted by molar-refractivity contribution is 7.20. The molecule has 2 atom stereocenters.